The summed E-state index contributed by atoms with van der Waals surface area (Å²) in [5.41, 5.74) is 15.7. The number of benzene rings is 3. The predicted molar refractivity (Wildman–Crippen MR) is 324 cm³/mol. The molecule has 0 spiro atoms. The molecule has 6 aromatic rings. The lowest BCUT2D eigenvalue weighted by Crippen LogP contribution is -2.14. The number of hydrogen-bond donors (Lipinski definition) is 0. The van der Waals surface area contributed by atoms with Gasteiger partial charge in [-0.15, -0.1) is 0 Å². The number of unbranched alkanes of at least 4 members (excludes halogenated alkanes) is 4. The van der Waals surface area contributed by atoms with Gasteiger partial charge in [0.1, 0.15) is 0 Å². The van der Waals surface area contributed by atoms with Crippen molar-refractivity contribution in [3.05, 3.63) is 162 Å². The van der Waals surface area contributed by atoms with Gasteiger partial charge >= 0.3 is 0 Å². The Bertz CT molecular complexity index is 2410. The molecule has 3 heteroatoms. The minimum atomic E-state index is 0.679. The quantitative estimate of drug-likeness (QED) is 0.0721. The molecule has 0 aliphatic heterocycles. The van der Waals surface area contributed by atoms with Crippen LogP contribution >= 0.6 is 0 Å². The number of aromatic nitrogens is 3. The van der Waals surface area contributed by atoms with Gasteiger partial charge in [0, 0.05) is 70.1 Å². The lowest BCUT2D eigenvalue weighted by molar-refractivity contribution is 0.301. The number of hydrogen-bond acceptors (Lipinski definition) is 3. The molecule has 3 aromatic heterocycles. The van der Waals surface area contributed by atoms with E-state index in [0.29, 0.717) is 17.8 Å². The molecule has 3 saturated carbocycles. The topological polar surface area (TPSA) is 38.7 Å². The van der Waals surface area contributed by atoms with Crippen LogP contribution in [0.15, 0.2) is 128 Å². The first-order valence-electron chi connectivity index (χ1n) is 31.1. The van der Waals surface area contributed by atoms with E-state index in [4.69, 9.17) is 15.0 Å². The molecule has 3 fully saturated rings. The third-order valence-electron chi connectivity index (χ3n) is 17.7. The summed E-state index contributed by atoms with van der Waals surface area (Å²) in [4.78, 5) is 14.5. The van der Waals surface area contributed by atoms with Crippen molar-refractivity contribution in [2.24, 2.45) is 17.8 Å². The van der Waals surface area contributed by atoms with E-state index in [9.17, 15) is 0 Å². The van der Waals surface area contributed by atoms with Crippen molar-refractivity contribution in [2.75, 3.05) is 0 Å². The molecule has 3 aliphatic rings. The number of pyridine rings is 3. The standard InChI is InChI=1S/C25H35N.C24H33N.C23H31N/c1-3-5-7-20-9-13-22(14-10-20)24-17-18-25(26-19-24)23-15-11-21(12-16-23)8-6-4-2;1-3-5-7-20-10-14-22(15-11-20)24-17-16-23(18-25-24)21-12-8-19(6-4-2)9-13-21;1-3-5-6-19-9-13-21(14-10-19)23-16-15-22(17-24-23)20-11-7-18(4-2)8-12-20/h9-10,13-14,17-19,21,23H,3-8,11-12,15-16H2,1-2H3;8-9,12-13,16-18,20,22H,3-7,10-11,14-15H2,1-2H3;7-8,11-12,15-17,19,21H,3-6,9-10,13-14H2,1-2H3. The first-order chi connectivity index (χ1) is 36.9. The molecule has 0 unspecified atom stereocenters. The van der Waals surface area contributed by atoms with Gasteiger partial charge < -0.3 is 0 Å². The van der Waals surface area contributed by atoms with Crippen LogP contribution in [0.3, 0.4) is 0 Å². The maximum absolute atomic E-state index is 4.84. The van der Waals surface area contributed by atoms with Gasteiger partial charge in [0.15, 0.2) is 0 Å². The Kier molecular flexibility index (Phi) is 24.7. The van der Waals surface area contributed by atoms with E-state index in [-0.39, 0.29) is 0 Å². The molecule has 75 heavy (non-hydrogen) atoms. The fraction of sp³-hybridized carbons (Fsp3) is 0.542. The summed E-state index contributed by atoms with van der Waals surface area (Å²) in [7, 11) is 0. The summed E-state index contributed by atoms with van der Waals surface area (Å²) in [5, 5.41) is 0. The van der Waals surface area contributed by atoms with Crippen LogP contribution < -0.4 is 0 Å². The van der Waals surface area contributed by atoms with Gasteiger partial charge in [0.2, 0.25) is 0 Å². The molecule has 0 bridgehead atoms. The van der Waals surface area contributed by atoms with E-state index >= 15 is 0 Å². The van der Waals surface area contributed by atoms with Crippen LogP contribution in [0, 0.1) is 17.8 Å². The zero-order valence-corrected chi connectivity index (χ0v) is 48.0. The highest BCUT2D eigenvalue weighted by Gasteiger charge is 2.25. The number of aryl methyl sites for hydroxylation is 3. The molecule has 9 rings (SSSR count). The maximum atomic E-state index is 4.84. The van der Waals surface area contributed by atoms with Crippen LogP contribution in [0.2, 0.25) is 0 Å². The Morgan fingerprint density at radius 3 is 0.853 bits per heavy atom. The van der Waals surface area contributed by atoms with Crippen molar-refractivity contribution in [1.82, 2.24) is 15.0 Å². The van der Waals surface area contributed by atoms with E-state index in [1.807, 2.05) is 0 Å². The van der Waals surface area contributed by atoms with E-state index in [0.717, 1.165) is 24.2 Å². The van der Waals surface area contributed by atoms with Crippen LogP contribution in [0.25, 0.3) is 33.4 Å². The van der Waals surface area contributed by atoms with Crippen LogP contribution in [-0.2, 0) is 19.3 Å². The van der Waals surface area contributed by atoms with E-state index in [1.165, 1.54) is 234 Å². The van der Waals surface area contributed by atoms with Crippen molar-refractivity contribution in [3.63, 3.8) is 0 Å². The molecule has 3 nitrogen and oxygen atoms in total. The fourth-order valence-electron chi connectivity index (χ4n) is 12.5. The Balaban J connectivity index is 0.000000164. The third kappa shape index (κ3) is 18.4. The highest BCUT2D eigenvalue weighted by molar-refractivity contribution is 5.64. The average molecular weight is 1010 g/mol. The molecule has 0 saturated heterocycles. The lowest BCUT2D eigenvalue weighted by Gasteiger charge is -2.28. The minimum Gasteiger partial charge on any atom is -0.260 e. The van der Waals surface area contributed by atoms with Crippen molar-refractivity contribution in [2.45, 2.75) is 233 Å². The molecule has 0 amide bonds. The summed E-state index contributed by atoms with van der Waals surface area (Å²) in [5.74, 6) is 4.95. The molecule has 0 radical (unpaired) electrons. The van der Waals surface area contributed by atoms with Crippen LogP contribution in [0.4, 0.5) is 0 Å². The molecule has 3 heterocycles. The Morgan fingerprint density at radius 1 is 0.293 bits per heavy atom. The number of nitrogens with zero attached hydrogens (tertiary/aromatic N) is 3. The van der Waals surface area contributed by atoms with Gasteiger partial charge in [-0.05, 0) is 172 Å². The summed E-state index contributed by atoms with van der Waals surface area (Å²) in [6.07, 6.45) is 42.3. The van der Waals surface area contributed by atoms with E-state index in [1.54, 1.807) is 0 Å². The summed E-state index contributed by atoms with van der Waals surface area (Å²) in [6, 6.07) is 40.5. The zero-order valence-electron chi connectivity index (χ0n) is 48.0. The molecule has 3 aromatic carbocycles. The SMILES string of the molecule is CCCCC1CCC(c2ccc(-c3ccc(CC)cc3)cn2)CC1.CCCCC1CCC(c2ccc(-c3ccc(CCC)cc3)cn2)CC1.CCCCc1ccc(-c2ccc(C3CCC(CCCC)CC3)nc2)cc1. The van der Waals surface area contributed by atoms with Gasteiger partial charge in [-0.3, -0.25) is 15.0 Å². The highest BCUT2D eigenvalue weighted by atomic mass is 14.7. The van der Waals surface area contributed by atoms with Crippen LogP contribution in [0.1, 0.15) is 247 Å². The Hall–Kier alpha value is -4.89. The predicted octanol–water partition coefficient (Wildman–Crippen LogP) is 21.5. The van der Waals surface area contributed by atoms with Crippen molar-refractivity contribution < 1.29 is 0 Å². The van der Waals surface area contributed by atoms with Crippen molar-refractivity contribution in [3.8, 4) is 33.4 Å². The van der Waals surface area contributed by atoms with Gasteiger partial charge in [0.05, 0.1) is 0 Å². The molecular weight excluding hydrogens is 907 g/mol. The largest absolute Gasteiger partial charge is 0.260 e. The highest BCUT2D eigenvalue weighted by Crippen LogP contribution is 2.40. The van der Waals surface area contributed by atoms with Gasteiger partial charge in [-0.2, -0.15) is 0 Å². The molecule has 0 N–H and O–H groups in total. The van der Waals surface area contributed by atoms with Crippen LogP contribution in [-0.4, -0.2) is 15.0 Å². The normalized spacial score (nSPS) is 20.6. The van der Waals surface area contributed by atoms with Crippen molar-refractivity contribution >= 4 is 0 Å². The smallest absolute Gasteiger partial charge is 0.0434 e. The van der Waals surface area contributed by atoms with Gasteiger partial charge in [-0.1, -0.05) is 203 Å². The van der Waals surface area contributed by atoms with E-state index < -0.39 is 0 Å². The second-order valence-corrected chi connectivity index (χ2v) is 23.3. The Labute approximate surface area is 458 Å². The molecule has 3 aliphatic carbocycles. The first kappa shape index (κ1) is 57.8. The fourth-order valence-corrected chi connectivity index (χ4v) is 12.5. The summed E-state index contributed by atoms with van der Waals surface area (Å²) in [6.45, 7) is 13.6. The minimum absolute atomic E-state index is 0.679. The maximum Gasteiger partial charge on any atom is 0.0434 e. The molecule has 402 valence electrons. The lowest BCUT2D eigenvalue weighted by atomic mass is 9.78. The van der Waals surface area contributed by atoms with Gasteiger partial charge in [0.25, 0.3) is 0 Å². The first-order valence-corrected chi connectivity index (χ1v) is 31.1. The van der Waals surface area contributed by atoms with Crippen LogP contribution in [0.5, 0.6) is 0 Å². The third-order valence-corrected chi connectivity index (χ3v) is 17.7. The summed E-state index contributed by atoms with van der Waals surface area (Å²) >= 11 is 0. The second kappa shape index (κ2) is 32.0. The van der Waals surface area contributed by atoms with Gasteiger partial charge in [-0.25, -0.2) is 0 Å². The zero-order chi connectivity index (χ0) is 52.5. The summed E-state index contributed by atoms with van der Waals surface area (Å²) < 4.78 is 0. The molecular formula is C72H99N3. The second-order valence-electron chi connectivity index (χ2n) is 23.3. The van der Waals surface area contributed by atoms with Crippen molar-refractivity contribution in [1.29, 1.82) is 0 Å². The Morgan fingerprint density at radius 2 is 0.587 bits per heavy atom. The monoisotopic (exact) mass is 1010 g/mol. The average Bonchev–Trinajstić information content (AvgIpc) is 3.48. The number of rotatable bonds is 21. The van der Waals surface area contributed by atoms with E-state index in [2.05, 4.69) is 169 Å². The molecule has 0 atom stereocenters.